The van der Waals surface area contributed by atoms with Crippen molar-refractivity contribution in [3.05, 3.63) is 65.0 Å². The van der Waals surface area contributed by atoms with Gasteiger partial charge in [0.2, 0.25) is 0 Å². The highest BCUT2D eigenvalue weighted by Gasteiger charge is 2.16. The van der Waals surface area contributed by atoms with Crippen LogP contribution in [0.4, 0.5) is 18.9 Å². The molecular formula is C15H12F3NO2. The first-order valence-electron chi connectivity index (χ1n) is 6.07. The van der Waals surface area contributed by atoms with Gasteiger partial charge in [-0.25, -0.2) is 18.0 Å². The van der Waals surface area contributed by atoms with Gasteiger partial charge in [-0.05, 0) is 23.8 Å². The third-order valence-electron chi connectivity index (χ3n) is 2.86. The maximum Gasteiger partial charge on any atom is 0.340 e. The third kappa shape index (κ3) is 3.53. The molecule has 0 aromatic heterocycles. The van der Waals surface area contributed by atoms with Gasteiger partial charge in [-0.3, -0.25) is 0 Å². The van der Waals surface area contributed by atoms with Crippen molar-refractivity contribution in [2.75, 3.05) is 12.4 Å². The molecule has 1 N–H and O–H groups in total. The van der Waals surface area contributed by atoms with E-state index in [0.717, 1.165) is 13.2 Å². The van der Waals surface area contributed by atoms with Gasteiger partial charge < -0.3 is 10.1 Å². The lowest BCUT2D eigenvalue weighted by Gasteiger charge is -2.10. The normalized spacial score (nSPS) is 10.3. The molecule has 0 fully saturated rings. The van der Waals surface area contributed by atoms with Crippen LogP contribution in [-0.4, -0.2) is 13.1 Å². The monoisotopic (exact) mass is 295 g/mol. The van der Waals surface area contributed by atoms with E-state index in [1.807, 2.05) is 0 Å². The van der Waals surface area contributed by atoms with Gasteiger partial charge in [0.05, 0.1) is 18.4 Å². The number of hydrogen-bond acceptors (Lipinski definition) is 3. The number of hydrogen-bond donors (Lipinski definition) is 1. The predicted molar refractivity (Wildman–Crippen MR) is 71.4 cm³/mol. The van der Waals surface area contributed by atoms with Crippen molar-refractivity contribution < 1.29 is 22.7 Å². The molecule has 0 aliphatic carbocycles. The first-order chi connectivity index (χ1) is 10.0. The molecule has 0 saturated carbocycles. The van der Waals surface area contributed by atoms with E-state index < -0.39 is 17.6 Å². The Kier molecular flexibility index (Phi) is 4.47. The number of carbonyl (C=O) groups excluding carboxylic acids is 1. The molecule has 0 radical (unpaired) electrons. The van der Waals surface area contributed by atoms with Gasteiger partial charge in [-0.1, -0.05) is 12.1 Å². The van der Waals surface area contributed by atoms with Gasteiger partial charge in [0.25, 0.3) is 0 Å². The van der Waals surface area contributed by atoms with Crippen LogP contribution in [0.5, 0.6) is 0 Å². The van der Waals surface area contributed by atoms with Crippen LogP contribution in [0.15, 0.2) is 36.4 Å². The average Bonchev–Trinajstić information content (AvgIpc) is 2.47. The lowest BCUT2D eigenvalue weighted by atomic mass is 10.1. The summed E-state index contributed by atoms with van der Waals surface area (Å²) in [7, 11) is 1.11. The molecule has 0 saturated heterocycles. The fraction of sp³-hybridized carbons (Fsp3) is 0.133. The number of esters is 1. The molecule has 0 amide bonds. The molecule has 0 aliphatic heterocycles. The fourth-order valence-corrected chi connectivity index (χ4v) is 1.75. The summed E-state index contributed by atoms with van der Waals surface area (Å²) in [5.74, 6) is -3.09. The Morgan fingerprint density at radius 1 is 1.10 bits per heavy atom. The molecule has 2 rings (SSSR count). The zero-order chi connectivity index (χ0) is 15.4. The van der Waals surface area contributed by atoms with E-state index in [0.29, 0.717) is 11.6 Å². The first kappa shape index (κ1) is 14.9. The van der Waals surface area contributed by atoms with Crippen LogP contribution in [0, 0.1) is 17.5 Å². The minimum atomic E-state index is -0.994. The smallest absolute Gasteiger partial charge is 0.340 e. The van der Waals surface area contributed by atoms with E-state index in [1.54, 1.807) is 0 Å². The summed E-state index contributed by atoms with van der Waals surface area (Å²) in [6, 6.07) is 7.27. The number of carbonyl (C=O) groups is 1. The Hall–Kier alpha value is -2.50. The predicted octanol–water partition coefficient (Wildman–Crippen LogP) is 3.50. The van der Waals surface area contributed by atoms with Gasteiger partial charge >= 0.3 is 5.97 Å². The van der Waals surface area contributed by atoms with E-state index in [-0.39, 0.29) is 23.6 Å². The number of nitrogens with one attached hydrogen (secondary N) is 1. The summed E-state index contributed by atoms with van der Waals surface area (Å²) in [5, 5.41) is 2.72. The molecule has 2 aromatic rings. The number of anilines is 1. The van der Waals surface area contributed by atoms with E-state index in [1.165, 1.54) is 24.3 Å². The second-order valence-corrected chi connectivity index (χ2v) is 4.28. The van der Waals surface area contributed by atoms with Crippen LogP contribution in [0.1, 0.15) is 15.9 Å². The van der Waals surface area contributed by atoms with Crippen LogP contribution >= 0.6 is 0 Å². The molecule has 0 unspecified atom stereocenters. The Morgan fingerprint density at radius 3 is 2.38 bits per heavy atom. The fourth-order valence-electron chi connectivity index (χ4n) is 1.75. The summed E-state index contributed by atoms with van der Waals surface area (Å²) in [5.41, 5.74) is 0.307. The van der Waals surface area contributed by atoms with Crippen molar-refractivity contribution in [2.24, 2.45) is 0 Å². The Morgan fingerprint density at radius 2 is 1.76 bits per heavy atom. The molecule has 0 bridgehead atoms. The Balaban J connectivity index is 2.19. The van der Waals surface area contributed by atoms with Crippen molar-refractivity contribution in [1.29, 1.82) is 0 Å². The average molecular weight is 295 g/mol. The molecule has 3 nitrogen and oxygen atoms in total. The summed E-state index contributed by atoms with van der Waals surface area (Å²) < 4.78 is 44.3. The van der Waals surface area contributed by atoms with Crippen LogP contribution < -0.4 is 5.32 Å². The van der Waals surface area contributed by atoms with Gasteiger partial charge in [0.15, 0.2) is 0 Å². The third-order valence-corrected chi connectivity index (χ3v) is 2.86. The van der Waals surface area contributed by atoms with E-state index in [2.05, 4.69) is 10.1 Å². The lowest BCUT2D eigenvalue weighted by Crippen LogP contribution is -2.08. The van der Waals surface area contributed by atoms with Crippen molar-refractivity contribution in [2.45, 2.75) is 6.54 Å². The molecule has 0 spiro atoms. The minimum absolute atomic E-state index is 0.0406. The number of benzene rings is 2. The van der Waals surface area contributed by atoms with Crippen molar-refractivity contribution >= 4 is 11.7 Å². The van der Waals surface area contributed by atoms with Crippen molar-refractivity contribution in [3.63, 3.8) is 0 Å². The van der Waals surface area contributed by atoms with Crippen LogP contribution in [0.3, 0.4) is 0 Å². The summed E-state index contributed by atoms with van der Waals surface area (Å²) >= 11 is 0. The maximum absolute atomic E-state index is 13.7. The molecule has 6 heteroatoms. The second-order valence-electron chi connectivity index (χ2n) is 4.28. The lowest BCUT2D eigenvalue weighted by molar-refractivity contribution is 0.0595. The van der Waals surface area contributed by atoms with Gasteiger partial charge in [-0.15, -0.1) is 0 Å². The highest BCUT2D eigenvalue weighted by Crippen LogP contribution is 2.21. The summed E-state index contributed by atoms with van der Waals surface area (Å²) in [6.45, 7) is 0.198. The van der Waals surface area contributed by atoms with Crippen molar-refractivity contribution in [3.8, 4) is 0 Å². The number of methoxy groups -OCH3 is 1. The number of rotatable bonds is 4. The minimum Gasteiger partial charge on any atom is -0.465 e. The molecule has 21 heavy (non-hydrogen) atoms. The Labute approximate surface area is 119 Å². The molecule has 110 valence electrons. The zero-order valence-corrected chi connectivity index (χ0v) is 11.1. The van der Waals surface area contributed by atoms with E-state index in [4.69, 9.17) is 0 Å². The van der Waals surface area contributed by atoms with E-state index in [9.17, 15) is 18.0 Å². The highest BCUT2D eigenvalue weighted by atomic mass is 19.1. The first-order valence-corrected chi connectivity index (χ1v) is 6.07. The topological polar surface area (TPSA) is 38.3 Å². The van der Waals surface area contributed by atoms with Crippen LogP contribution in [0.25, 0.3) is 0 Å². The molecule has 0 aliphatic rings. The zero-order valence-electron chi connectivity index (χ0n) is 11.1. The van der Waals surface area contributed by atoms with Crippen LogP contribution in [0.2, 0.25) is 0 Å². The number of halogens is 3. The maximum atomic E-state index is 13.7. The molecule has 0 atom stereocenters. The van der Waals surface area contributed by atoms with Crippen molar-refractivity contribution in [1.82, 2.24) is 0 Å². The summed E-state index contributed by atoms with van der Waals surface area (Å²) in [6.07, 6.45) is 0. The highest BCUT2D eigenvalue weighted by molar-refractivity contribution is 5.90. The largest absolute Gasteiger partial charge is 0.465 e. The van der Waals surface area contributed by atoms with E-state index >= 15 is 0 Å². The quantitative estimate of drug-likeness (QED) is 0.877. The summed E-state index contributed by atoms with van der Waals surface area (Å²) in [4.78, 5) is 11.4. The van der Waals surface area contributed by atoms with Crippen LogP contribution in [-0.2, 0) is 11.3 Å². The molecular weight excluding hydrogens is 283 g/mol. The van der Waals surface area contributed by atoms with Gasteiger partial charge in [-0.2, -0.15) is 0 Å². The standard InChI is InChI=1S/C15H12F3NO2/c1-21-15(20)11-6-14(13(18)7-12(11)17)19-8-9-2-4-10(16)5-3-9/h2-7,19H,8H2,1H3. The second kappa shape index (κ2) is 6.30. The Bertz CT molecular complexity index is 657. The number of ether oxygens (including phenoxy) is 1. The van der Waals surface area contributed by atoms with Gasteiger partial charge in [0, 0.05) is 12.6 Å². The van der Waals surface area contributed by atoms with Gasteiger partial charge in [0.1, 0.15) is 17.5 Å². The molecule has 2 aromatic carbocycles. The SMILES string of the molecule is COC(=O)c1cc(NCc2ccc(F)cc2)c(F)cc1F. The molecule has 0 heterocycles.